The summed E-state index contributed by atoms with van der Waals surface area (Å²) in [4.78, 5) is 11.3. The van der Waals surface area contributed by atoms with Crippen molar-refractivity contribution in [2.45, 2.75) is 5.41 Å². The smallest absolute Gasteiger partial charge is 0.160 e. The zero-order valence-corrected chi connectivity index (χ0v) is 40.2. The summed E-state index contributed by atoms with van der Waals surface area (Å²) < 4.78 is 2.42. The van der Waals surface area contributed by atoms with E-state index in [1.165, 1.54) is 87.6 Å². The Bertz CT molecular complexity index is 4540. The lowest BCUT2D eigenvalue weighted by Gasteiger charge is -2.30. The van der Waals surface area contributed by atoms with Crippen molar-refractivity contribution in [3.8, 4) is 73.0 Å². The summed E-state index contributed by atoms with van der Waals surface area (Å²) in [6.45, 7) is 0. The van der Waals surface area contributed by atoms with E-state index in [0.29, 0.717) is 5.82 Å². The third-order valence-corrected chi connectivity index (χ3v) is 16.2. The summed E-state index contributed by atoms with van der Waals surface area (Å²) in [5.41, 5.74) is 20.1. The van der Waals surface area contributed by atoms with Gasteiger partial charge >= 0.3 is 0 Å². The van der Waals surface area contributed by atoms with Crippen molar-refractivity contribution in [1.29, 1.82) is 0 Å². The van der Waals surface area contributed by atoms with Crippen molar-refractivity contribution in [1.82, 2.24) is 14.5 Å². The Labute approximate surface area is 428 Å². The van der Waals surface area contributed by atoms with E-state index >= 15 is 0 Å². The molecular weight excluding hydrogens is 895 g/mol. The number of fused-ring (bicyclic) bond motifs is 19. The Hall–Kier alpha value is -9.70. The molecule has 342 valence electrons. The largest absolute Gasteiger partial charge is 0.309 e. The van der Waals surface area contributed by atoms with E-state index in [4.69, 9.17) is 9.97 Å². The summed E-state index contributed by atoms with van der Waals surface area (Å²) in [7, 11) is 0. The highest BCUT2D eigenvalue weighted by Crippen LogP contribution is 2.64. The number of hydrogen-bond donors (Lipinski definition) is 0. The Morgan fingerprint density at radius 2 is 0.743 bits per heavy atom. The molecule has 14 aromatic rings. The first-order valence-electron chi connectivity index (χ1n) is 25.6. The summed E-state index contributed by atoms with van der Waals surface area (Å²) >= 11 is 0. The number of benzene rings is 12. The molecule has 0 aliphatic heterocycles. The van der Waals surface area contributed by atoms with Crippen molar-refractivity contribution in [3.05, 3.63) is 283 Å². The molecule has 0 fully saturated rings. The van der Waals surface area contributed by atoms with Gasteiger partial charge in [0.15, 0.2) is 5.82 Å². The van der Waals surface area contributed by atoms with Crippen LogP contribution in [0.1, 0.15) is 22.3 Å². The van der Waals surface area contributed by atoms with Crippen molar-refractivity contribution in [2.24, 2.45) is 0 Å². The van der Waals surface area contributed by atoms with Gasteiger partial charge in [0.25, 0.3) is 0 Å². The fourth-order valence-electron chi connectivity index (χ4n) is 13.2. The minimum Gasteiger partial charge on any atom is -0.309 e. The van der Waals surface area contributed by atoms with Crippen molar-refractivity contribution >= 4 is 54.1 Å². The summed E-state index contributed by atoms with van der Waals surface area (Å²) in [5.74, 6) is 0.664. The normalized spacial score (nSPS) is 13.0. The van der Waals surface area contributed by atoms with E-state index in [1.807, 2.05) is 0 Å². The van der Waals surface area contributed by atoms with E-state index < -0.39 is 5.41 Å². The lowest BCUT2D eigenvalue weighted by atomic mass is 9.70. The van der Waals surface area contributed by atoms with Crippen LogP contribution in [-0.2, 0) is 5.41 Å². The van der Waals surface area contributed by atoms with Crippen molar-refractivity contribution in [2.75, 3.05) is 0 Å². The minimum absolute atomic E-state index is 0.476. The van der Waals surface area contributed by atoms with Gasteiger partial charge in [-0.1, -0.05) is 218 Å². The number of aromatic nitrogens is 3. The van der Waals surface area contributed by atoms with Crippen LogP contribution in [0.25, 0.3) is 127 Å². The van der Waals surface area contributed by atoms with Gasteiger partial charge in [-0.05, 0) is 130 Å². The molecule has 16 rings (SSSR count). The van der Waals surface area contributed by atoms with Crippen LogP contribution in [0, 0.1) is 0 Å². The predicted octanol–water partition coefficient (Wildman–Crippen LogP) is 18.0. The zero-order valence-electron chi connectivity index (χ0n) is 40.2. The first kappa shape index (κ1) is 41.0. The van der Waals surface area contributed by atoms with E-state index in [0.717, 1.165) is 55.9 Å². The molecule has 0 N–H and O–H groups in total. The Balaban J connectivity index is 0.971. The van der Waals surface area contributed by atoms with Crippen LogP contribution in [0.2, 0.25) is 0 Å². The highest BCUT2D eigenvalue weighted by atomic mass is 15.0. The first-order chi connectivity index (χ1) is 36.7. The predicted molar refractivity (Wildman–Crippen MR) is 307 cm³/mol. The summed E-state index contributed by atoms with van der Waals surface area (Å²) in [6.07, 6.45) is 0. The second-order valence-corrected chi connectivity index (χ2v) is 19.9. The second kappa shape index (κ2) is 15.6. The molecule has 74 heavy (non-hydrogen) atoms. The Morgan fingerprint density at radius 3 is 1.39 bits per heavy atom. The van der Waals surface area contributed by atoms with E-state index in [1.54, 1.807) is 0 Å². The van der Waals surface area contributed by atoms with Gasteiger partial charge < -0.3 is 4.57 Å². The van der Waals surface area contributed by atoms with Gasteiger partial charge in [-0.25, -0.2) is 9.97 Å². The van der Waals surface area contributed by atoms with Gasteiger partial charge in [0.05, 0.1) is 27.8 Å². The topological polar surface area (TPSA) is 30.7 Å². The summed E-state index contributed by atoms with van der Waals surface area (Å²) in [6, 6.07) is 95.8. The maximum atomic E-state index is 5.74. The Morgan fingerprint density at radius 1 is 0.270 bits per heavy atom. The van der Waals surface area contributed by atoms with Crippen molar-refractivity contribution in [3.63, 3.8) is 0 Å². The Kier molecular flexibility index (Phi) is 8.66. The molecule has 2 heterocycles. The van der Waals surface area contributed by atoms with Crippen molar-refractivity contribution < 1.29 is 0 Å². The van der Waals surface area contributed by atoms with E-state index in [-0.39, 0.29) is 0 Å². The van der Waals surface area contributed by atoms with Crippen LogP contribution in [-0.4, -0.2) is 14.5 Å². The lowest BCUT2D eigenvalue weighted by molar-refractivity contribution is 0.794. The summed E-state index contributed by atoms with van der Waals surface area (Å²) in [5, 5.41) is 9.93. The number of para-hydroxylation sites is 2. The maximum absolute atomic E-state index is 5.74. The molecule has 0 unspecified atom stereocenters. The molecule has 3 nitrogen and oxygen atoms in total. The molecule has 0 radical (unpaired) electrons. The fourth-order valence-corrected chi connectivity index (χ4v) is 13.2. The van der Waals surface area contributed by atoms with Crippen LogP contribution >= 0.6 is 0 Å². The first-order valence-corrected chi connectivity index (χ1v) is 25.6. The molecule has 12 aromatic carbocycles. The quantitative estimate of drug-likeness (QED) is 0.161. The lowest BCUT2D eigenvalue weighted by Crippen LogP contribution is -2.25. The molecule has 2 aliphatic rings. The SMILES string of the molecule is c1ccc(-c2cc(-c3cccc4c3-c3ccccc3C43c4ccccc4-c4ccccc43)nc(-c3cc(-c4ccc5c6ccccc6c6ccccc6c5c4)cc(-n4c5ccccc5c5ccccc54)c3)n2)cc1. The molecular formula is C71H43N3. The van der Waals surface area contributed by atoms with Crippen LogP contribution in [0.15, 0.2) is 261 Å². The molecule has 1 spiro atoms. The van der Waals surface area contributed by atoms with Gasteiger partial charge in [-0.3, -0.25) is 0 Å². The second-order valence-electron chi connectivity index (χ2n) is 19.9. The van der Waals surface area contributed by atoms with Crippen LogP contribution in [0.4, 0.5) is 0 Å². The molecule has 3 heteroatoms. The van der Waals surface area contributed by atoms with Crippen LogP contribution in [0.5, 0.6) is 0 Å². The molecule has 0 bridgehead atoms. The van der Waals surface area contributed by atoms with Gasteiger partial charge in [0, 0.05) is 33.2 Å². The molecule has 2 aromatic heterocycles. The molecule has 0 atom stereocenters. The molecule has 2 aliphatic carbocycles. The zero-order chi connectivity index (χ0) is 48.5. The van der Waals surface area contributed by atoms with Gasteiger partial charge in [-0.2, -0.15) is 0 Å². The number of nitrogens with zero attached hydrogens (tertiary/aromatic N) is 3. The monoisotopic (exact) mass is 937 g/mol. The molecule has 0 saturated carbocycles. The average Bonchev–Trinajstić information content (AvgIpc) is 4.10. The van der Waals surface area contributed by atoms with Gasteiger partial charge in [0.2, 0.25) is 0 Å². The maximum Gasteiger partial charge on any atom is 0.160 e. The fraction of sp³-hybridized carbons (Fsp3) is 0.0141. The third-order valence-electron chi connectivity index (χ3n) is 16.2. The standard InChI is InChI=1S/C71H43N3/c1-2-19-44(20-3-1)65-43-66(59-30-18-34-64-69(59)58-29-10-15-33-63(58)71(64)61-31-13-8-25-54(61)55-26-9-14-32-62(55)71)73-70(72-65)47-39-46(40-48(41-47)74-67-35-16-11-27-56(67)57-28-12-17-36-68(57)74)45-37-38-53-51-23-5-4-21-49(51)50-22-6-7-24-52(50)60(53)42-45/h1-43H. The van der Waals surface area contributed by atoms with Gasteiger partial charge in [0.1, 0.15) is 0 Å². The van der Waals surface area contributed by atoms with Crippen LogP contribution in [0.3, 0.4) is 0 Å². The number of rotatable bonds is 5. The third kappa shape index (κ3) is 5.72. The van der Waals surface area contributed by atoms with Crippen LogP contribution < -0.4 is 0 Å². The van der Waals surface area contributed by atoms with E-state index in [2.05, 4.69) is 265 Å². The average molecular weight is 938 g/mol. The minimum atomic E-state index is -0.476. The highest BCUT2D eigenvalue weighted by Gasteiger charge is 2.52. The highest BCUT2D eigenvalue weighted by molar-refractivity contribution is 6.26. The molecule has 0 saturated heterocycles. The number of hydrogen-bond acceptors (Lipinski definition) is 2. The van der Waals surface area contributed by atoms with E-state index in [9.17, 15) is 0 Å². The molecule has 0 amide bonds. The van der Waals surface area contributed by atoms with Gasteiger partial charge in [-0.15, -0.1) is 0 Å².